The second-order valence-corrected chi connectivity index (χ2v) is 4.48. The zero-order valence-electron chi connectivity index (χ0n) is 8.55. The fourth-order valence-corrected chi connectivity index (χ4v) is 1.53. The third-order valence-corrected chi connectivity index (χ3v) is 2.37. The van der Waals surface area contributed by atoms with Crippen molar-refractivity contribution >= 4 is 5.78 Å². The largest absolute Gasteiger partial charge is 0.390 e. The SMILES string of the molecule is CC(C)(O)CCN1CCCC(=O)C1. The lowest BCUT2D eigenvalue weighted by Gasteiger charge is -2.28. The van der Waals surface area contributed by atoms with Gasteiger partial charge >= 0.3 is 0 Å². The third-order valence-electron chi connectivity index (χ3n) is 2.37. The average Bonchev–Trinajstić information content (AvgIpc) is 2.00. The lowest BCUT2D eigenvalue weighted by molar-refractivity contribution is -0.122. The van der Waals surface area contributed by atoms with Gasteiger partial charge in [-0.25, -0.2) is 0 Å². The molecule has 1 saturated heterocycles. The Bertz CT molecular complexity index is 184. The maximum Gasteiger partial charge on any atom is 0.146 e. The number of piperidine rings is 1. The van der Waals surface area contributed by atoms with Crippen LogP contribution in [0.3, 0.4) is 0 Å². The molecule has 0 atom stereocenters. The molecule has 1 heterocycles. The van der Waals surface area contributed by atoms with Crippen LogP contribution in [0.2, 0.25) is 0 Å². The molecule has 1 rings (SSSR count). The van der Waals surface area contributed by atoms with Gasteiger partial charge in [0.15, 0.2) is 0 Å². The molecule has 1 fully saturated rings. The van der Waals surface area contributed by atoms with Gasteiger partial charge in [-0.3, -0.25) is 9.69 Å². The van der Waals surface area contributed by atoms with Crippen LogP contribution < -0.4 is 0 Å². The van der Waals surface area contributed by atoms with Gasteiger partial charge in [-0.05, 0) is 33.2 Å². The van der Waals surface area contributed by atoms with E-state index in [1.165, 1.54) is 0 Å². The summed E-state index contributed by atoms with van der Waals surface area (Å²) in [5.74, 6) is 0.335. The Hall–Kier alpha value is -0.410. The highest BCUT2D eigenvalue weighted by Crippen LogP contribution is 2.11. The molecule has 0 aromatic heterocycles. The standard InChI is InChI=1S/C10H19NO2/c1-10(2,13)5-7-11-6-3-4-9(12)8-11/h13H,3-8H2,1-2H3. The molecule has 13 heavy (non-hydrogen) atoms. The molecule has 0 aliphatic carbocycles. The quantitative estimate of drug-likeness (QED) is 0.707. The summed E-state index contributed by atoms with van der Waals surface area (Å²) in [6, 6.07) is 0. The normalized spacial score (nSPS) is 20.7. The maximum atomic E-state index is 11.1. The van der Waals surface area contributed by atoms with Crippen LogP contribution in [0.15, 0.2) is 0 Å². The van der Waals surface area contributed by atoms with Gasteiger partial charge in [0.2, 0.25) is 0 Å². The lowest BCUT2D eigenvalue weighted by Crippen LogP contribution is -2.38. The third kappa shape index (κ3) is 4.39. The lowest BCUT2D eigenvalue weighted by atomic mass is 10.0. The maximum absolute atomic E-state index is 11.1. The molecule has 0 aromatic carbocycles. The Labute approximate surface area is 79.7 Å². The van der Waals surface area contributed by atoms with Crippen molar-refractivity contribution in [3.05, 3.63) is 0 Å². The minimum Gasteiger partial charge on any atom is -0.390 e. The van der Waals surface area contributed by atoms with E-state index < -0.39 is 5.60 Å². The summed E-state index contributed by atoms with van der Waals surface area (Å²) in [6.07, 6.45) is 2.45. The van der Waals surface area contributed by atoms with Crippen molar-refractivity contribution < 1.29 is 9.90 Å². The van der Waals surface area contributed by atoms with E-state index in [0.29, 0.717) is 12.3 Å². The van der Waals surface area contributed by atoms with E-state index in [1.807, 2.05) is 0 Å². The molecular formula is C10H19NO2. The van der Waals surface area contributed by atoms with Crippen LogP contribution in [-0.4, -0.2) is 41.0 Å². The first-order chi connectivity index (χ1) is 5.97. The van der Waals surface area contributed by atoms with E-state index in [9.17, 15) is 9.90 Å². The van der Waals surface area contributed by atoms with Gasteiger partial charge in [0, 0.05) is 13.0 Å². The van der Waals surface area contributed by atoms with Crippen molar-refractivity contribution in [3.63, 3.8) is 0 Å². The number of hydrogen-bond acceptors (Lipinski definition) is 3. The van der Waals surface area contributed by atoms with Crippen LogP contribution in [-0.2, 0) is 4.79 Å². The fourth-order valence-electron chi connectivity index (χ4n) is 1.53. The van der Waals surface area contributed by atoms with Gasteiger partial charge in [-0.1, -0.05) is 0 Å². The summed E-state index contributed by atoms with van der Waals surface area (Å²) in [5.41, 5.74) is -0.611. The van der Waals surface area contributed by atoms with Crippen molar-refractivity contribution in [3.8, 4) is 0 Å². The number of likely N-dealkylation sites (tertiary alicyclic amines) is 1. The number of nitrogens with zero attached hydrogens (tertiary/aromatic N) is 1. The summed E-state index contributed by atoms with van der Waals surface area (Å²) < 4.78 is 0. The van der Waals surface area contributed by atoms with Gasteiger partial charge < -0.3 is 5.11 Å². The summed E-state index contributed by atoms with van der Waals surface area (Å²) in [5, 5.41) is 9.50. The van der Waals surface area contributed by atoms with Crippen LogP contribution in [0.5, 0.6) is 0 Å². The fraction of sp³-hybridized carbons (Fsp3) is 0.900. The molecule has 0 unspecified atom stereocenters. The van der Waals surface area contributed by atoms with E-state index >= 15 is 0 Å². The van der Waals surface area contributed by atoms with E-state index in [4.69, 9.17) is 0 Å². The van der Waals surface area contributed by atoms with Crippen LogP contribution in [0.1, 0.15) is 33.1 Å². The molecule has 1 aliphatic heterocycles. The molecular weight excluding hydrogens is 166 g/mol. The minimum absolute atomic E-state index is 0.335. The number of ketones is 1. The first-order valence-electron chi connectivity index (χ1n) is 4.94. The van der Waals surface area contributed by atoms with Gasteiger partial charge in [-0.2, -0.15) is 0 Å². The molecule has 0 aromatic rings. The number of aliphatic hydroxyl groups is 1. The second kappa shape index (κ2) is 4.20. The molecule has 3 heteroatoms. The van der Waals surface area contributed by atoms with E-state index in [1.54, 1.807) is 13.8 Å². The second-order valence-electron chi connectivity index (χ2n) is 4.48. The molecule has 1 aliphatic rings. The van der Waals surface area contributed by atoms with Crippen LogP contribution >= 0.6 is 0 Å². The van der Waals surface area contributed by atoms with Crippen molar-refractivity contribution in [2.45, 2.75) is 38.7 Å². The van der Waals surface area contributed by atoms with Gasteiger partial charge in [0.05, 0.1) is 12.1 Å². The van der Waals surface area contributed by atoms with Gasteiger partial charge in [-0.15, -0.1) is 0 Å². The van der Waals surface area contributed by atoms with Crippen molar-refractivity contribution in [1.82, 2.24) is 4.90 Å². The highest BCUT2D eigenvalue weighted by molar-refractivity contribution is 5.81. The Kier molecular flexibility index (Phi) is 3.45. The zero-order chi connectivity index (χ0) is 9.90. The van der Waals surface area contributed by atoms with Crippen LogP contribution in [0.4, 0.5) is 0 Å². The number of hydrogen-bond donors (Lipinski definition) is 1. The highest BCUT2D eigenvalue weighted by atomic mass is 16.3. The van der Waals surface area contributed by atoms with Crippen LogP contribution in [0.25, 0.3) is 0 Å². The topological polar surface area (TPSA) is 40.5 Å². The number of carbonyl (C=O) groups excluding carboxylic acids is 1. The Balaban J connectivity index is 2.25. The van der Waals surface area contributed by atoms with Gasteiger partial charge in [0.25, 0.3) is 0 Å². The molecule has 0 amide bonds. The summed E-state index contributed by atoms with van der Waals surface area (Å²) in [6.45, 7) is 6.02. The number of Topliss-reactive ketones (excluding diaryl/α,β-unsaturated/α-hetero) is 1. The molecule has 76 valence electrons. The molecule has 0 bridgehead atoms. The summed E-state index contributed by atoms with van der Waals surface area (Å²) in [7, 11) is 0. The van der Waals surface area contributed by atoms with E-state index in [2.05, 4.69) is 4.90 Å². The predicted octanol–water partition coefficient (Wildman–Crippen LogP) is 0.812. The van der Waals surface area contributed by atoms with Gasteiger partial charge in [0.1, 0.15) is 5.78 Å². The molecule has 1 N–H and O–H groups in total. The Morgan fingerprint density at radius 3 is 2.77 bits per heavy atom. The average molecular weight is 185 g/mol. The summed E-state index contributed by atoms with van der Waals surface area (Å²) >= 11 is 0. The molecule has 0 spiro atoms. The van der Waals surface area contributed by atoms with Crippen molar-refractivity contribution in [2.24, 2.45) is 0 Å². The molecule has 0 radical (unpaired) electrons. The molecule has 0 saturated carbocycles. The smallest absolute Gasteiger partial charge is 0.146 e. The molecule has 3 nitrogen and oxygen atoms in total. The zero-order valence-corrected chi connectivity index (χ0v) is 8.55. The predicted molar refractivity (Wildman–Crippen MR) is 51.6 cm³/mol. The van der Waals surface area contributed by atoms with Crippen LogP contribution in [0, 0.1) is 0 Å². The van der Waals surface area contributed by atoms with Crippen molar-refractivity contribution in [2.75, 3.05) is 19.6 Å². The van der Waals surface area contributed by atoms with E-state index in [-0.39, 0.29) is 0 Å². The Morgan fingerprint density at radius 2 is 2.23 bits per heavy atom. The van der Waals surface area contributed by atoms with E-state index in [0.717, 1.165) is 32.4 Å². The Morgan fingerprint density at radius 1 is 1.54 bits per heavy atom. The van der Waals surface area contributed by atoms with Crippen molar-refractivity contribution in [1.29, 1.82) is 0 Å². The monoisotopic (exact) mass is 185 g/mol. The minimum atomic E-state index is -0.611. The first-order valence-corrected chi connectivity index (χ1v) is 4.94. The first kappa shape index (κ1) is 10.7. The number of carbonyl (C=O) groups is 1. The number of rotatable bonds is 3. The highest BCUT2D eigenvalue weighted by Gasteiger charge is 2.19. The summed E-state index contributed by atoms with van der Waals surface area (Å²) in [4.78, 5) is 13.2.